The number of nitrogens with zero attached hydrogens (tertiary/aromatic N) is 5. The molecule has 0 radical (unpaired) electrons. The number of halogens is 1. The normalized spacial score (nSPS) is 17.2. The summed E-state index contributed by atoms with van der Waals surface area (Å²) in [7, 11) is 1.87. The van der Waals surface area contributed by atoms with Crippen LogP contribution in [0.4, 0.5) is 10.2 Å². The van der Waals surface area contributed by atoms with Gasteiger partial charge in [0.05, 0.1) is 31.6 Å². The summed E-state index contributed by atoms with van der Waals surface area (Å²) >= 11 is 0. The third-order valence-corrected chi connectivity index (χ3v) is 5.37. The van der Waals surface area contributed by atoms with Gasteiger partial charge >= 0.3 is 0 Å². The number of aryl methyl sites for hydroxylation is 1. The average Bonchev–Trinajstić information content (AvgIpc) is 3.50. The molecule has 2 unspecified atom stereocenters. The zero-order valence-corrected chi connectivity index (χ0v) is 17.3. The maximum atomic E-state index is 14.0. The van der Waals surface area contributed by atoms with Gasteiger partial charge in [-0.3, -0.25) is 4.68 Å². The molecule has 1 aliphatic rings. The lowest BCUT2D eigenvalue weighted by molar-refractivity contribution is 0.140. The second-order valence-electron chi connectivity index (χ2n) is 7.69. The molecule has 1 saturated heterocycles. The smallest absolute Gasteiger partial charge is 0.165 e. The lowest BCUT2D eigenvalue weighted by Crippen LogP contribution is -2.18. The Morgan fingerprint density at radius 2 is 2.16 bits per heavy atom. The van der Waals surface area contributed by atoms with Gasteiger partial charge in [-0.25, -0.2) is 13.9 Å². The third-order valence-electron chi connectivity index (χ3n) is 5.37. The SMILES string of the molecule is CC(Nc1ccn2ncc(-c3cnn(C)c3)c2n1)c1cc(F)ccc1OC1CCOC1. The number of fused-ring (bicyclic) bond motifs is 1. The second kappa shape index (κ2) is 7.99. The van der Waals surface area contributed by atoms with Crippen LogP contribution < -0.4 is 10.1 Å². The molecule has 9 heteroatoms. The van der Waals surface area contributed by atoms with Gasteiger partial charge in [0.15, 0.2) is 5.65 Å². The summed E-state index contributed by atoms with van der Waals surface area (Å²) in [5.74, 6) is 1.00. The van der Waals surface area contributed by atoms with E-state index in [2.05, 4.69) is 15.5 Å². The minimum absolute atomic E-state index is 0.0141. The van der Waals surface area contributed by atoms with E-state index >= 15 is 0 Å². The fourth-order valence-electron chi connectivity index (χ4n) is 3.76. The lowest BCUT2D eigenvalue weighted by atomic mass is 10.1. The highest BCUT2D eigenvalue weighted by atomic mass is 19.1. The van der Waals surface area contributed by atoms with Crippen LogP contribution in [0.5, 0.6) is 5.75 Å². The maximum Gasteiger partial charge on any atom is 0.165 e. The number of rotatable bonds is 6. The molecule has 1 N–H and O–H groups in total. The summed E-state index contributed by atoms with van der Waals surface area (Å²) in [5.41, 5.74) is 3.27. The molecule has 0 saturated carbocycles. The van der Waals surface area contributed by atoms with E-state index in [0.717, 1.165) is 23.1 Å². The first-order chi connectivity index (χ1) is 15.1. The first kappa shape index (κ1) is 19.5. The predicted molar refractivity (Wildman–Crippen MR) is 113 cm³/mol. The van der Waals surface area contributed by atoms with Crippen molar-refractivity contribution in [3.05, 3.63) is 60.4 Å². The van der Waals surface area contributed by atoms with E-state index in [4.69, 9.17) is 14.5 Å². The van der Waals surface area contributed by atoms with Crippen molar-refractivity contribution in [1.29, 1.82) is 0 Å². The first-order valence-electron chi connectivity index (χ1n) is 10.2. The monoisotopic (exact) mass is 422 g/mol. The summed E-state index contributed by atoms with van der Waals surface area (Å²) < 4.78 is 29.0. The highest BCUT2D eigenvalue weighted by molar-refractivity contribution is 5.76. The molecule has 3 aromatic heterocycles. The maximum absolute atomic E-state index is 14.0. The Hall–Kier alpha value is -3.46. The molecule has 1 aromatic carbocycles. The van der Waals surface area contributed by atoms with Gasteiger partial charge in [0.2, 0.25) is 0 Å². The largest absolute Gasteiger partial charge is 0.488 e. The van der Waals surface area contributed by atoms with E-state index in [1.54, 1.807) is 27.7 Å². The van der Waals surface area contributed by atoms with E-state index in [1.165, 1.54) is 12.1 Å². The van der Waals surface area contributed by atoms with Gasteiger partial charge in [0, 0.05) is 42.6 Å². The minimum atomic E-state index is -0.309. The van der Waals surface area contributed by atoms with E-state index in [9.17, 15) is 4.39 Å². The predicted octanol–water partition coefficient (Wildman–Crippen LogP) is 3.61. The number of aromatic nitrogens is 5. The molecule has 8 nitrogen and oxygen atoms in total. The van der Waals surface area contributed by atoms with Crippen LogP contribution in [0.2, 0.25) is 0 Å². The van der Waals surface area contributed by atoms with Crippen molar-refractivity contribution in [2.75, 3.05) is 18.5 Å². The van der Waals surface area contributed by atoms with Gasteiger partial charge in [-0.05, 0) is 31.2 Å². The summed E-state index contributed by atoms with van der Waals surface area (Å²) in [6.07, 6.45) is 8.13. The Morgan fingerprint density at radius 1 is 1.26 bits per heavy atom. The van der Waals surface area contributed by atoms with Crippen molar-refractivity contribution in [2.45, 2.75) is 25.5 Å². The number of benzene rings is 1. The van der Waals surface area contributed by atoms with Gasteiger partial charge in [-0.2, -0.15) is 10.2 Å². The first-order valence-corrected chi connectivity index (χ1v) is 10.2. The molecular formula is C22H23FN6O2. The molecule has 4 aromatic rings. The van der Waals surface area contributed by atoms with Crippen molar-refractivity contribution in [1.82, 2.24) is 24.4 Å². The van der Waals surface area contributed by atoms with Gasteiger partial charge in [-0.1, -0.05) is 0 Å². The van der Waals surface area contributed by atoms with Crippen LogP contribution in [0, 0.1) is 5.82 Å². The van der Waals surface area contributed by atoms with Crippen LogP contribution in [0.1, 0.15) is 24.9 Å². The Bertz CT molecular complexity index is 1210. The fourth-order valence-corrected chi connectivity index (χ4v) is 3.76. The van der Waals surface area contributed by atoms with Crippen LogP contribution in [0.25, 0.3) is 16.8 Å². The zero-order chi connectivity index (χ0) is 21.4. The van der Waals surface area contributed by atoms with Gasteiger partial charge in [0.25, 0.3) is 0 Å². The number of nitrogens with one attached hydrogen (secondary N) is 1. The molecule has 160 valence electrons. The van der Waals surface area contributed by atoms with Crippen LogP contribution >= 0.6 is 0 Å². The van der Waals surface area contributed by atoms with Crippen molar-refractivity contribution in [3.8, 4) is 16.9 Å². The number of ether oxygens (including phenoxy) is 2. The van der Waals surface area contributed by atoms with Crippen LogP contribution in [0.3, 0.4) is 0 Å². The molecule has 5 rings (SSSR count). The summed E-state index contributed by atoms with van der Waals surface area (Å²) in [6, 6.07) is 6.20. The Labute approximate surface area is 178 Å². The van der Waals surface area contributed by atoms with E-state index in [0.29, 0.717) is 30.4 Å². The van der Waals surface area contributed by atoms with E-state index in [-0.39, 0.29) is 18.0 Å². The van der Waals surface area contributed by atoms with Crippen LogP contribution in [-0.2, 0) is 11.8 Å². The van der Waals surface area contributed by atoms with Crippen molar-refractivity contribution >= 4 is 11.5 Å². The average molecular weight is 422 g/mol. The quantitative estimate of drug-likeness (QED) is 0.512. The molecule has 0 spiro atoms. The molecule has 4 heterocycles. The van der Waals surface area contributed by atoms with Gasteiger partial charge < -0.3 is 14.8 Å². The van der Waals surface area contributed by atoms with E-state index < -0.39 is 0 Å². The number of hydrogen-bond donors (Lipinski definition) is 1. The summed E-state index contributed by atoms with van der Waals surface area (Å²) in [6.45, 7) is 3.19. The highest BCUT2D eigenvalue weighted by Crippen LogP contribution is 2.31. The third kappa shape index (κ3) is 3.96. The standard InChI is InChI=1S/C22H23FN6O2/c1-14(18-9-16(23)3-4-20(18)31-17-6-8-30-13-17)26-21-5-7-29-22(27-21)19(11-25-29)15-10-24-28(2)12-15/h3-5,7,9-12,14,17H,6,8,13H2,1-2H3,(H,26,27). The van der Waals surface area contributed by atoms with Gasteiger partial charge in [0.1, 0.15) is 23.5 Å². The van der Waals surface area contributed by atoms with Crippen molar-refractivity contribution < 1.29 is 13.9 Å². The Kier molecular flexibility index (Phi) is 5.03. The molecule has 1 fully saturated rings. The summed E-state index contributed by atoms with van der Waals surface area (Å²) in [5, 5.41) is 12.0. The van der Waals surface area contributed by atoms with Crippen LogP contribution in [0.15, 0.2) is 49.1 Å². The number of anilines is 1. The molecule has 2 atom stereocenters. The van der Waals surface area contributed by atoms with E-state index in [1.807, 2.05) is 32.4 Å². The lowest BCUT2D eigenvalue weighted by Gasteiger charge is -2.21. The molecule has 31 heavy (non-hydrogen) atoms. The van der Waals surface area contributed by atoms with Crippen LogP contribution in [-0.4, -0.2) is 43.7 Å². The topological polar surface area (TPSA) is 78.5 Å². The molecule has 0 bridgehead atoms. The zero-order valence-electron chi connectivity index (χ0n) is 17.3. The fraction of sp³-hybridized carbons (Fsp3) is 0.318. The molecule has 0 amide bonds. The number of hydrogen-bond acceptors (Lipinski definition) is 6. The Balaban J connectivity index is 1.42. The molecular weight excluding hydrogens is 399 g/mol. The minimum Gasteiger partial charge on any atom is -0.488 e. The molecule has 1 aliphatic heterocycles. The molecule has 0 aliphatic carbocycles. The summed E-state index contributed by atoms with van der Waals surface area (Å²) in [4.78, 5) is 4.74. The second-order valence-corrected chi connectivity index (χ2v) is 7.69. The highest BCUT2D eigenvalue weighted by Gasteiger charge is 2.21. The van der Waals surface area contributed by atoms with Crippen molar-refractivity contribution in [2.24, 2.45) is 7.05 Å². The van der Waals surface area contributed by atoms with Crippen molar-refractivity contribution in [3.63, 3.8) is 0 Å². The Morgan fingerprint density at radius 3 is 2.94 bits per heavy atom. The van der Waals surface area contributed by atoms with Gasteiger partial charge in [-0.15, -0.1) is 0 Å².